The Morgan fingerprint density at radius 2 is 1.45 bits per heavy atom. The van der Waals surface area contributed by atoms with Crippen molar-refractivity contribution in [3.8, 4) is 0 Å². The van der Waals surface area contributed by atoms with Gasteiger partial charge in [0, 0.05) is 22.2 Å². The van der Waals surface area contributed by atoms with Crippen molar-refractivity contribution in [2.24, 2.45) is 0 Å². The van der Waals surface area contributed by atoms with Gasteiger partial charge in [-0.3, -0.25) is 9.59 Å². The molecule has 0 saturated carbocycles. The molecule has 0 aliphatic rings. The van der Waals surface area contributed by atoms with Gasteiger partial charge in [0.15, 0.2) is 0 Å². The van der Waals surface area contributed by atoms with Crippen LogP contribution in [0.5, 0.6) is 0 Å². The van der Waals surface area contributed by atoms with Gasteiger partial charge in [-0.05, 0) is 74.2 Å². The maximum absolute atomic E-state index is 13.2. The third-order valence-corrected chi connectivity index (χ3v) is 5.93. The minimum atomic E-state index is -0.605. The number of nitrogens with one attached hydrogen (secondary N) is 3. The fourth-order valence-corrected chi connectivity index (χ4v) is 3.95. The Bertz CT molecular complexity index is 1500. The summed E-state index contributed by atoms with van der Waals surface area (Å²) in [6.45, 7) is 11.8. The summed E-state index contributed by atoms with van der Waals surface area (Å²) in [5.41, 5.74) is 3.31. The van der Waals surface area contributed by atoms with E-state index < -0.39 is 11.6 Å². The zero-order chi connectivity index (χ0) is 27.7. The molecule has 7 heteroatoms. The molecule has 1 heterocycles. The number of aromatic amines is 1. The lowest BCUT2D eigenvalue weighted by molar-refractivity contribution is 0.00636. The van der Waals surface area contributed by atoms with E-state index in [1.165, 1.54) is 0 Å². The second-order valence-electron chi connectivity index (χ2n) is 11.3. The molecule has 0 radical (unpaired) electrons. The highest BCUT2D eigenvalue weighted by atomic mass is 16.6. The average Bonchev–Trinajstić information content (AvgIpc) is 3.27. The van der Waals surface area contributed by atoms with Crippen LogP contribution in [0.25, 0.3) is 10.9 Å². The van der Waals surface area contributed by atoms with Crippen LogP contribution in [0.1, 0.15) is 78.3 Å². The Labute approximate surface area is 222 Å². The Kier molecular flexibility index (Phi) is 7.14. The summed E-state index contributed by atoms with van der Waals surface area (Å²) in [4.78, 5) is 41.5. The number of hydrogen-bond acceptors (Lipinski definition) is 4. The van der Waals surface area contributed by atoms with Crippen LogP contribution in [0.4, 0.5) is 11.4 Å². The normalized spacial score (nSPS) is 11.7. The van der Waals surface area contributed by atoms with Crippen molar-refractivity contribution >= 4 is 40.1 Å². The van der Waals surface area contributed by atoms with Crippen molar-refractivity contribution in [2.45, 2.75) is 52.6 Å². The van der Waals surface area contributed by atoms with Crippen molar-refractivity contribution < 1.29 is 19.1 Å². The van der Waals surface area contributed by atoms with Crippen LogP contribution >= 0.6 is 0 Å². The molecular formula is C31H33N3O4. The fourth-order valence-electron chi connectivity index (χ4n) is 3.95. The Morgan fingerprint density at radius 3 is 2.11 bits per heavy atom. The zero-order valence-electron chi connectivity index (χ0n) is 22.6. The maximum atomic E-state index is 13.2. The summed E-state index contributed by atoms with van der Waals surface area (Å²) in [5, 5.41) is 6.55. The molecule has 7 nitrogen and oxygen atoms in total. The monoisotopic (exact) mass is 511 g/mol. The first-order valence-corrected chi connectivity index (χ1v) is 12.5. The number of rotatable bonds is 5. The molecule has 38 heavy (non-hydrogen) atoms. The summed E-state index contributed by atoms with van der Waals surface area (Å²) in [5.74, 6) is -1.12. The second kappa shape index (κ2) is 10.2. The van der Waals surface area contributed by atoms with Crippen LogP contribution in [0.2, 0.25) is 0 Å². The van der Waals surface area contributed by atoms with Gasteiger partial charge in [0.25, 0.3) is 11.8 Å². The highest BCUT2D eigenvalue weighted by molar-refractivity contribution is 6.13. The molecule has 4 aromatic rings. The molecule has 0 atom stereocenters. The van der Waals surface area contributed by atoms with Gasteiger partial charge in [0.1, 0.15) is 11.3 Å². The summed E-state index contributed by atoms with van der Waals surface area (Å²) >= 11 is 0. The SMILES string of the molecule is CC(C)(C)OC(=O)c1cc2ccc(NC(=O)c3ccccc3NC(=O)c3ccc(C(C)(C)C)cc3)cc2[nH]1. The predicted octanol–water partition coefficient (Wildman–Crippen LogP) is 6.93. The summed E-state index contributed by atoms with van der Waals surface area (Å²) < 4.78 is 5.43. The van der Waals surface area contributed by atoms with Crippen molar-refractivity contribution in [1.82, 2.24) is 4.98 Å². The second-order valence-corrected chi connectivity index (χ2v) is 11.3. The molecule has 0 aliphatic heterocycles. The van der Waals surface area contributed by atoms with Gasteiger partial charge < -0.3 is 20.4 Å². The van der Waals surface area contributed by atoms with E-state index in [0.29, 0.717) is 33.7 Å². The molecule has 4 rings (SSSR count). The van der Waals surface area contributed by atoms with E-state index in [4.69, 9.17) is 4.74 Å². The quantitative estimate of drug-likeness (QED) is 0.253. The Hall–Kier alpha value is -4.39. The van der Waals surface area contributed by atoms with E-state index in [1.807, 2.05) is 39.0 Å². The number of carbonyl (C=O) groups excluding carboxylic acids is 3. The molecule has 0 spiro atoms. The number of hydrogen-bond donors (Lipinski definition) is 3. The number of benzene rings is 3. The highest BCUT2D eigenvalue weighted by Gasteiger charge is 2.20. The van der Waals surface area contributed by atoms with E-state index >= 15 is 0 Å². The largest absolute Gasteiger partial charge is 0.455 e. The van der Waals surface area contributed by atoms with Crippen LogP contribution in [-0.4, -0.2) is 28.4 Å². The highest BCUT2D eigenvalue weighted by Crippen LogP contribution is 2.25. The van der Waals surface area contributed by atoms with Crippen molar-refractivity contribution in [3.63, 3.8) is 0 Å². The number of para-hydroxylation sites is 1. The van der Waals surface area contributed by atoms with Crippen LogP contribution in [0, 0.1) is 0 Å². The van der Waals surface area contributed by atoms with Gasteiger partial charge in [-0.15, -0.1) is 0 Å². The first kappa shape index (κ1) is 26.7. The number of anilines is 2. The maximum Gasteiger partial charge on any atom is 0.355 e. The number of amides is 2. The van der Waals surface area contributed by atoms with E-state index in [2.05, 4.69) is 36.4 Å². The zero-order valence-corrected chi connectivity index (χ0v) is 22.6. The number of fused-ring (bicyclic) bond motifs is 1. The molecule has 3 aromatic carbocycles. The molecule has 2 amide bonds. The molecule has 0 fully saturated rings. The van der Waals surface area contributed by atoms with E-state index in [0.717, 1.165) is 10.9 Å². The van der Waals surface area contributed by atoms with E-state index in [-0.39, 0.29) is 17.2 Å². The predicted molar refractivity (Wildman–Crippen MR) is 151 cm³/mol. The molecule has 0 bridgehead atoms. The summed E-state index contributed by atoms with van der Waals surface area (Å²) in [7, 11) is 0. The summed E-state index contributed by atoms with van der Waals surface area (Å²) in [6, 6.07) is 21.3. The molecule has 196 valence electrons. The smallest absolute Gasteiger partial charge is 0.355 e. The van der Waals surface area contributed by atoms with Gasteiger partial charge >= 0.3 is 5.97 Å². The molecule has 0 aliphatic carbocycles. The molecule has 0 saturated heterocycles. The van der Waals surface area contributed by atoms with Crippen molar-refractivity contribution in [1.29, 1.82) is 0 Å². The van der Waals surface area contributed by atoms with Crippen molar-refractivity contribution in [3.05, 3.63) is 95.2 Å². The van der Waals surface area contributed by atoms with Crippen molar-refractivity contribution in [2.75, 3.05) is 10.6 Å². The van der Waals surface area contributed by atoms with Crippen LogP contribution in [0.15, 0.2) is 72.8 Å². The number of H-pyrrole nitrogens is 1. The van der Waals surface area contributed by atoms with Gasteiger partial charge in [0.05, 0.1) is 11.3 Å². The van der Waals surface area contributed by atoms with Gasteiger partial charge in [-0.1, -0.05) is 51.1 Å². The minimum absolute atomic E-state index is 0.0138. The number of carbonyl (C=O) groups is 3. The first-order valence-electron chi connectivity index (χ1n) is 12.5. The lowest BCUT2D eigenvalue weighted by Crippen LogP contribution is -2.24. The third kappa shape index (κ3) is 6.29. The minimum Gasteiger partial charge on any atom is -0.455 e. The average molecular weight is 512 g/mol. The lowest BCUT2D eigenvalue weighted by atomic mass is 9.86. The topological polar surface area (TPSA) is 100 Å². The molecule has 0 unspecified atom stereocenters. The van der Waals surface area contributed by atoms with Gasteiger partial charge in [-0.2, -0.15) is 0 Å². The van der Waals surface area contributed by atoms with Crippen LogP contribution in [0.3, 0.4) is 0 Å². The molecular weight excluding hydrogens is 478 g/mol. The van der Waals surface area contributed by atoms with E-state index in [1.54, 1.807) is 54.6 Å². The number of aromatic nitrogens is 1. The first-order chi connectivity index (χ1) is 17.8. The number of ether oxygens (including phenoxy) is 1. The lowest BCUT2D eigenvalue weighted by Gasteiger charge is -2.19. The fraction of sp³-hybridized carbons (Fsp3) is 0.258. The van der Waals surface area contributed by atoms with Gasteiger partial charge in [0.2, 0.25) is 0 Å². The molecule has 1 aromatic heterocycles. The van der Waals surface area contributed by atoms with Gasteiger partial charge in [-0.25, -0.2) is 4.79 Å². The Morgan fingerprint density at radius 1 is 0.763 bits per heavy atom. The van der Waals surface area contributed by atoms with E-state index in [9.17, 15) is 14.4 Å². The third-order valence-electron chi connectivity index (χ3n) is 5.93. The number of esters is 1. The Balaban J connectivity index is 1.50. The standard InChI is InChI=1S/C31H33N3O4/c1-30(2,3)21-14-11-19(12-15-21)27(35)34-24-10-8-7-9-23(24)28(36)32-22-16-13-20-17-26(33-25(20)18-22)29(37)38-31(4,5)6/h7-18,33H,1-6H3,(H,32,36)(H,34,35). The van der Waals surface area contributed by atoms with Crippen LogP contribution < -0.4 is 10.6 Å². The molecule has 3 N–H and O–H groups in total. The summed E-state index contributed by atoms with van der Waals surface area (Å²) in [6.07, 6.45) is 0. The van der Waals surface area contributed by atoms with Crippen LogP contribution in [-0.2, 0) is 10.2 Å².